The van der Waals surface area contributed by atoms with Gasteiger partial charge in [0, 0.05) is 29.3 Å². The molecule has 30 heavy (non-hydrogen) atoms. The number of likely N-dealkylation sites (N-methyl/N-ethyl adjacent to an activating group) is 1. The van der Waals surface area contributed by atoms with Crippen molar-refractivity contribution >= 4 is 35.6 Å². The molecule has 1 amide bonds. The summed E-state index contributed by atoms with van der Waals surface area (Å²) in [5.41, 5.74) is 3.61. The third kappa shape index (κ3) is 3.51. The van der Waals surface area contributed by atoms with Crippen molar-refractivity contribution in [1.82, 2.24) is 4.90 Å². The standard InChI is InChI=1S/C24H35BrN2O2Si/c1-15(2)11-12-27-19-14-17(25)9-10-18(19)24(20(28)13-16(3)4)21(30(6,7)8)22(29)26(5)23(24)27/h9-11,13-14,20-21,23,28H,12H2,1-8H3/t20?,21?,23-,24+/m1/s1. The number of rotatable bonds is 5. The Bertz CT molecular complexity index is 912. The smallest absolute Gasteiger partial charge is 0.225 e. The summed E-state index contributed by atoms with van der Waals surface area (Å²) in [5.74, 6) is 0.163. The molecule has 0 aliphatic carbocycles. The molecule has 0 saturated carbocycles. The Morgan fingerprint density at radius 1 is 1.23 bits per heavy atom. The Hall–Kier alpha value is -1.37. The number of benzene rings is 1. The first-order valence-electron chi connectivity index (χ1n) is 10.6. The minimum atomic E-state index is -1.99. The molecule has 2 heterocycles. The molecule has 4 atom stereocenters. The van der Waals surface area contributed by atoms with E-state index in [0.29, 0.717) is 6.54 Å². The summed E-state index contributed by atoms with van der Waals surface area (Å²) in [6, 6.07) is 6.31. The molecule has 3 rings (SSSR count). The predicted octanol–water partition coefficient (Wildman–Crippen LogP) is 5.31. The minimum Gasteiger partial charge on any atom is -0.388 e. The predicted molar refractivity (Wildman–Crippen MR) is 132 cm³/mol. The molecule has 164 valence electrons. The molecule has 6 heteroatoms. The second-order valence-electron chi connectivity index (χ2n) is 10.3. The quantitative estimate of drug-likeness (QED) is 0.449. The zero-order valence-electron chi connectivity index (χ0n) is 19.5. The van der Waals surface area contributed by atoms with E-state index >= 15 is 0 Å². The molecule has 2 aliphatic rings. The van der Waals surface area contributed by atoms with Crippen LogP contribution in [0, 0.1) is 0 Å². The Morgan fingerprint density at radius 2 is 1.87 bits per heavy atom. The van der Waals surface area contributed by atoms with Gasteiger partial charge in [-0.1, -0.05) is 64.9 Å². The van der Waals surface area contributed by atoms with Gasteiger partial charge in [-0.05, 0) is 45.4 Å². The molecule has 0 aromatic heterocycles. The highest BCUT2D eigenvalue weighted by atomic mass is 79.9. The summed E-state index contributed by atoms with van der Waals surface area (Å²) in [5, 5.41) is 11.8. The molecule has 1 aromatic rings. The monoisotopic (exact) mass is 490 g/mol. The van der Waals surface area contributed by atoms with Gasteiger partial charge >= 0.3 is 0 Å². The molecular formula is C24H35BrN2O2Si. The first-order chi connectivity index (χ1) is 13.8. The molecule has 1 saturated heterocycles. The van der Waals surface area contributed by atoms with Crippen LogP contribution in [0.1, 0.15) is 33.3 Å². The Labute approximate surface area is 190 Å². The van der Waals surface area contributed by atoms with Crippen molar-refractivity contribution in [3.63, 3.8) is 0 Å². The van der Waals surface area contributed by atoms with E-state index in [2.05, 4.69) is 72.5 Å². The molecule has 0 radical (unpaired) electrons. The van der Waals surface area contributed by atoms with Crippen molar-refractivity contribution in [3.8, 4) is 0 Å². The molecular weight excluding hydrogens is 456 g/mol. The number of carbonyl (C=O) groups excluding carboxylic acids is 1. The Kier molecular flexibility index (Phi) is 6.18. The third-order valence-corrected chi connectivity index (χ3v) is 9.39. The third-order valence-electron chi connectivity index (χ3n) is 6.44. The van der Waals surface area contributed by atoms with Crippen molar-refractivity contribution in [3.05, 3.63) is 51.5 Å². The number of nitrogens with zero attached hydrogens (tertiary/aromatic N) is 2. The molecule has 1 fully saturated rings. The number of hydrogen-bond acceptors (Lipinski definition) is 3. The van der Waals surface area contributed by atoms with Gasteiger partial charge in [0.1, 0.15) is 6.17 Å². The average Bonchev–Trinajstić information content (AvgIpc) is 3.00. The van der Waals surface area contributed by atoms with E-state index in [1.807, 2.05) is 37.9 Å². The van der Waals surface area contributed by atoms with E-state index in [0.717, 1.165) is 21.3 Å². The summed E-state index contributed by atoms with van der Waals surface area (Å²) in [6.45, 7) is 15.7. The average molecular weight is 492 g/mol. The van der Waals surface area contributed by atoms with E-state index in [-0.39, 0.29) is 17.6 Å². The lowest BCUT2D eigenvalue weighted by Gasteiger charge is -2.43. The topological polar surface area (TPSA) is 43.8 Å². The van der Waals surface area contributed by atoms with E-state index in [4.69, 9.17) is 0 Å². The first kappa shape index (κ1) is 23.3. The zero-order chi connectivity index (χ0) is 22.6. The number of likely N-dealkylation sites (tertiary alicyclic amines) is 1. The van der Waals surface area contributed by atoms with Gasteiger partial charge < -0.3 is 14.9 Å². The van der Waals surface area contributed by atoms with Gasteiger partial charge in [0.25, 0.3) is 0 Å². The van der Waals surface area contributed by atoms with Gasteiger partial charge in [-0.25, -0.2) is 0 Å². The zero-order valence-corrected chi connectivity index (χ0v) is 22.0. The maximum atomic E-state index is 13.7. The lowest BCUT2D eigenvalue weighted by atomic mass is 9.73. The number of fused-ring (bicyclic) bond motifs is 3. The highest BCUT2D eigenvalue weighted by Crippen LogP contribution is 2.62. The van der Waals surface area contributed by atoms with Crippen LogP contribution in [0.25, 0.3) is 0 Å². The highest BCUT2D eigenvalue weighted by molar-refractivity contribution is 9.10. The van der Waals surface area contributed by atoms with Crippen LogP contribution in [0.4, 0.5) is 5.69 Å². The fourth-order valence-corrected chi connectivity index (χ4v) is 8.70. The number of halogens is 1. The fourth-order valence-electron chi connectivity index (χ4n) is 5.50. The lowest BCUT2D eigenvalue weighted by Crippen LogP contribution is -2.56. The van der Waals surface area contributed by atoms with Crippen LogP contribution in [-0.2, 0) is 10.2 Å². The van der Waals surface area contributed by atoms with Gasteiger partial charge in [-0.2, -0.15) is 0 Å². The number of anilines is 1. The van der Waals surface area contributed by atoms with Gasteiger partial charge in [0.2, 0.25) is 5.91 Å². The number of aliphatic hydroxyl groups excluding tert-OH is 1. The summed E-state index contributed by atoms with van der Waals surface area (Å²) < 4.78 is 1.01. The van der Waals surface area contributed by atoms with Gasteiger partial charge in [-0.3, -0.25) is 4.79 Å². The number of carbonyl (C=O) groups is 1. The Balaban J connectivity index is 2.38. The summed E-state index contributed by atoms with van der Waals surface area (Å²) in [7, 11) is -0.0815. The largest absolute Gasteiger partial charge is 0.388 e. The molecule has 0 spiro atoms. The maximum absolute atomic E-state index is 13.7. The van der Waals surface area contributed by atoms with E-state index in [1.165, 1.54) is 5.57 Å². The van der Waals surface area contributed by atoms with Crippen molar-refractivity contribution in [1.29, 1.82) is 0 Å². The van der Waals surface area contributed by atoms with Gasteiger partial charge in [0.15, 0.2) is 0 Å². The van der Waals surface area contributed by atoms with Gasteiger partial charge in [0.05, 0.1) is 19.6 Å². The normalized spacial score (nSPS) is 26.4. The molecule has 1 aromatic carbocycles. The van der Waals surface area contributed by atoms with E-state index < -0.39 is 19.6 Å². The van der Waals surface area contributed by atoms with Crippen LogP contribution in [0.5, 0.6) is 0 Å². The van der Waals surface area contributed by atoms with Crippen molar-refractivity contribution in [2.24, 2.45) is 0 Å². The lowest BCUT2D eigenvalue weighted by molar-refractivity contribution is -0.127. The molecule has 2 aliphatic heterocycles. The van der Waals surface area contributed by atoms with Crippen LogP contribution in [0.15, 0.2) is 46.0 Å². The van der Waals surface area contributed by atoms with E-state index in [1.54, 1.807) is 0 Å². The van der Waals surface area contributed by atoms with Crippen LogP contribution < -0.4 is 4.90 Å². The summed E-state index contributed by atoms with van der Waals surface area (Å²) >= 11 is 3.64. The van der Waals surface area contributed by atoms with Crippen LogP contribution in [-0.4, -0.2) is 49.8 Å². The highest BCUT2D eigenvalue weighted by Gasteiger charge is 2.70. The van der Waals surface area contributed by atoms with Crippen LogP contribution >= 0.6 is 15.9 Å². The second-order valence-corrected chi connectivity index (χ2v) is 16.6. The SMILES string of the molecule is CC(C)=CCN1c2cc(Br)ccc2[C@]2(C(O)C=C(C)C)C([Si](C)(C)C)C(=O)N(C)[C@H]12. The second kappa shape index (κ2) is 7.95. The van der Waals surface area contributed by atoms with Crippen LogP contribution in [0.3, 0.4) is 0 Å². The van der Waals surface area contributed by atoms with Crippen molar-refractivity contribution in [2.75, 3.05) is 18.5 Å². The van der Waals surface area contributed by atoms with Crippen LogP contribution in [0.2, 0.25) is 25.2 Å². The van der Waals surface area contributed by atoms with Crippen molar-refractivity contribution < 1.29 is 9.90 Å². The number of hydrogen-bond donors (Lipinski definition) is 1. The molecule has 4 nitrogen and oxygen atoms in total. The van der Waals surface area contributed by atoms with Crippen molar-refractivity contribution in [2.45, 2.75) is 70.6 Å². The van der Waals surface area contributed by atoms with E-state index in [9.17, 15) is 9.90 Å². The molecule has 1 N–H and O–H groups in total. The first-order valence-corrected chi connectivity index (χ1v) is 15.0. The minimum absolute atomic E-state index is 0.163. The molecule has 0 bridgehead atoms. The summed E-state index contributed by atoms with van der Waals surface area (Å²) in [4.78, 5) is 17.9. The number of amides is 1. The maximum Gasteiger partial charge on any atom is 0.225 e. The fraction of sp³-hybridized carbons (Fsp3) is 0.542. The van der Waals surface area contributed by atoms with Gasteiger partial charge in [-0.15, -0.1) is 0 Å². The Morgan fingerprint density at radius 3 is 2.40 bits per heavy atom. The number of aliphatic hydroxyl groups is 1. The summed E-state index contributed by atoms with van der Waals surface area (Å²) in [6.07, 6.45) is 3.19. The molecule has 2 unspecified atom stereocenters. The number of allylic oxidation sites excluding steroid dienone is 2.